The van der Waals surface area contributed by atoms with Crippen molar-refractivity contribution < 1.29 is 28.6 Å². The quantitative estimate of drug-likeness (QED) is 0.0916. The van der Waals surface area contributed by atoms with Gasteiger partial charge in [0.2, 0.25) is 0 Å². The molecule has 0 unspecified atom stereocenters. The molecule has 8 heteroatoms. The molecular formula is C32H42N2O6. The van der Waals surface area contributed by atoms with Crippen LogP contribution < -0.4 is 16.2 Å². The SMILES string of the molecule is CCCC1CCC(C(=O)Oc2ccc(C=CC(=O)OCCCCCCOC(=O)c3cc(N)cc(N)c3)cc2)CC1. The molecule has 0 radical (unpaired) electrons. The number of nitrogens with two attached hydrogens (primary N) is 2. The van der Waals surface area contributed by atoms with Crippen LogP contribution in [0.2, 0.25) is 0 Å². The maximum absolute atomic E-state index is 12.5. The summed E-state index contributed by atoms with van der Waals surface area (Å²) in [6.07, 6.45) is 12.6. The van der Waals surface area contributed by atoms with E-state index < -0.39 is 11.9 Å². The summed E-state index contributed by atoms with van der Waals surface area (Å²) in [5.41, 5.74) is 13.4. The van der Waals surface area contributed by atoms with Gasteiger partial charge in [-0.15, -0.1) is 0 Å². The van der Waals surface area contributed by atoms with E-state index in [-0.39, 0.29) is 11.9 Å². The molecule has 1 aliphatic rings. The van der Waals surface area contributed by atoms with E-state index >= 15 is 0 Å². The molecule has 4 N–H and O–H groups in total. The fraction of sp³-hybridized carbons (Fsp3) is 0.469. The minimum Gasteiger partial charge on any atom is -0.463 e. The predicted molar refractivity (Wildman–Crippen MR) is 156 cm³/mol. The Bertz CT molecular complexity index is 1120. The summed E-state index contributed by atoms with van der Waals surface area (Å²) >= 11 is 0. The number of benzene rings is 2. The van der Waals surface area contributed by atoms with Crippen molar-refractivity contribution >= 4 is 35.4 Å². The number of rotatable bonds is 14. The molecule has 0 aliphatic heterocycles. The highest BCUT2D eigenvalue weighted by Gasteiger charge is 2.27. The highest BCUT2D eigenvalue weighted by Crippen LogP contribution is 2.32. The van der Waals surface area contributed by atoms with Gasteiger partial charge in [-0.1, -0.05) is 31.9 Å². The molecule has 2 aromatic carbocycles. The Balaban J connectivity index is 1.25. The van der Waals surface area contributed by atoms with Crippen LogP contribution >= 0.6 is 0 Å². The van der Waals surface area contributed by atoms with Crippen LogP contribution in [-0.4, -0.2) is 31.1 Å². The van der Waals surface area contributed by atoms with Crippen LogP contribution in [0.15, 0.2) is 48.5 Å². The number of carbonyl (C=O) groups excluding carboxylic acids is 3. The Kier molecular flexibility index (Phi) is 12.5. The normalized spacial score (nSPS) is 16.9. The monoisotopic (exact) mass is 550 g/mol. The van der Waals surface area contributed by atoms with Gasteiger partial charge < -0.3 is 25.7 Å². The Morgan fingerprint density at radius 1 is 0.850 bits per heavy atom. The lowest BCUT2D eigenvalue weighted by molar-refractivity contribution is -0.140. The fourth-order valence-electron chi connectivity index (χ4n) is 4.93. The minimum atomic E-state index is -0.449. The zero-order chi connectivity index (χ0) is 28.7. The molecule has 40 heavy (non-hydrogen) atoms. The van der Waals surface area contributed by atoms with Gasteiger partial charge in [0, 0.05) is 17.5 Å². The van der Waals surface area contributed by atoms with Gasteiger partial charge in [-0.2, -0.15) is 0 Å². The van der Waals surface area contributed by atoms with Gasteiger partial charge in [0.25, 0.3) is 0 Å². The number of carbonyl (C=O) groups is 3. The summed E-state index contributed by atoms with van der Waals surface area (Å²) in [6.45, 7) is 2.83. The van der Waals surface area contributed by atoms with Crippen LogP contribution in [0.1, 0.15) is 87.1 Å². The van der Waals surface area contributed by atoms with E-state index in [0.717, 1.165) is 56.4 Å². The molecule has 0 amide bonds. The van der Waals surface area contributed by atoms with Gasteiger partial charge in [-0.3, -0.25) is 4.79 Å². The molecule has 216 valence electrons. The van der Waals surface area contributed by atoms with E-state index in [1.807, 2.05) is 0 Å². The first-order valence-corrected chi connectivity index (χ1v) is 14.3. The number of unbranched alkanes of at least 4 members (excludes halogenated alkanes) is 3. The van der Waals surface area contributed by atoms with Gasteiger partial charge in [0.05, 0.1) is 24.7 Å². The molecule has 8 nitrogen and oxygen atoms in total. The molecule has 0 aromatic heterocycles. The third-order valence-electron chi connectivity index (χ3n) is 7.12. The number of anilines is 2. The van der Waals surface area contributed by atoms with E-state index in [4.69, 9.17) is 25.7 Å². The molecule has 2 aromatic rings. The van der Waals surface area contributed by atoms with Gasteiger partial charge in [-0.25, -0.2) is 9.59 Å². The highest BCUT2D eigenvalue weighted by molar-refractivity contribution is 5.91. The zero-order valence-corrected chi connectivity index (χ0v) is 23.4. The van der Waals surface area contributed by atoms with Crippen molar-refractivity contribution in [1.82, 2.24) is 0 Å². The highest BCUT2D eigenvalue weighted by atomic mass is 16.5. The van der Waals surface area contributed by atoms with Gasteiger partial charge in [-0.05, 0) is 99.3 Å². The summed E-state index contributed by atoms with van der Waals surface area (Å²) in [5.74, 6) is 0.244. The van der Waals surface area contributed by atoms with Crippen LogP contribution in [0.3, 0.4) is 0 Å². The number of hydrogen-bond donors (Lipinski definition) is 2. The van der Waals surface area contributed by atoms with E-state index in [2.05, 4.69) is 6.92 Å². The molecule has 3 rings (SSSR count). The molecule has 0 saturated heterocycles. The van der Waals surface area contributed by atoms with Crippen molar-refractivity contribution in [3.63, 3.8) is 0 Å². The minimum absolute atomic E-state index is 0.0137. The largest absolute Gasteiger partial charge is 0.463 e. The number of ether oxygens (including phenoxy) is 3. The fourth-order valence-corrected chi connectivity index (χ4v) is 4.93. The summed E-state index contributed by atoms with van der Waals surface area (Å²) in [4.78, 5) is 36.6. The number of esters is 3. The first-order chi connectivity index (χ1) is 19.3. The molecule has 1 fully saturated rings. The van der Waals surface area contributed by atoms with Gasteiger partial charge in [0.1, 0.15) is 5.75 Å². The van der Waals surface area contributed by atoms with Crippen molar-refractivity contribution in [2.75, 3.05) is 24.7 Å². The second-order valence-electron chi connectivity index (χ2n) is 10.4. The maximum Gasteiger partial charge on any atom is 0.338 e. The molecule has 0 heterocycles. The van der Waals surface area contributed by atoms with Crippen molar-refractivity contribution in [1.29, 1.82) is 0 Å². The summed E-state index contributed by atoms with van der Waals surface area (Å²) in [5, 5.41) is 0. The van der Waals surface area contributed by atoms with Crippen molar-refractivity contribution in [2.45, 2.75) is 71.1 Å². The van der Waals surface area contributed by atoms with Gasteiger partial charge in [0.15, 0.2) is 0 Å². The third kappa shape index (κ3) is 10.8. The van der Waals surface area contributed by atoms with Crippen molar-refractivity contribution in [3.05, 3.63) is 59.7 Å². The molecule has 1 saturated carbocycles. The van der Waals surface area contributed by atoms with E-state index in [1.54, 1.807) is 36.4 Å². The maximum atomic E-state index is 12.5. The molecule has 0 atom stereocenters. The van der Waals surface area contributed by atoms with Crippen LogP contribution in [0.4, 0.5) is 11.4 Å². The van der Waals surface area contributed by atoms with Crippen LogP contribution in [0.5, 0.6) is 5.75 Å². The lowest BCUT2D eigenvalue weighted by Crippen LogP contribution is -2.25. The first kappa shape index (κ1) is 30.7. The average molecular weight is 551 g/mol. The average Bonchev–Trinajstić information content (AvgIpc) is 2.94. The lowest BCUT2D eigenvalue weighted by atomic mass is 9.80. The third-order valence-corrected chi connectivity index (χ3v) is 7.12. The predicted octanol–water partition coefficient (Wildman–Crippen LogP) is 6.34. The number of nitrogen functional groups attached to an aromatic ring is 2. The molecule has 0 spiro atoms. The topological polar surface area (TPSA) is 131 Å². The molecule has 0 bridgehead atoms. The summed E-state index contributed by atoms with van der Waals surface area (Å²) < 4.78 is 16.1. The van der Waals surface area contributed by atoms with E-state index in [9.17, 15) is 14.4 Å². The summed E-state index contributed by atoms with van der Waals surface area (Å²) in [6, 6.07) is 11.7. The molecular weight excluding hydrogens is 508 g/mol. The van der Waals surface area contributed by atoms with E-state index in [0.29, 0.717) is 42.3 Å². The zero-order valence-electron chi connectivity index (χ0n) is 23.4. The lowest BCUT2D eigenvalue weighted by Gasteiger charge is -2.26. The Hall–Kier alpha value is -3.81. The van der Waals surface area contributed by atoms with Crippen molar-refractivity contribution in [2.24, 2.45) is 11.8 Å². The van der Waals surface area contributed by atoms with Gasteiger partial charge >= 0.3 is 17.9 Å². The standard InChI is InChI=1S/C32H42N2O6/c1-2-7-23-8-13-25(14-9-23)32(37)40-29-15-10-24(11-16-29)12-17-30(35)38-18-5-3-4-6-19-39-31(36)26-20-27(33)22-28(34)21-26/h10-12,15-17,20-23,25H,2-9,13-14,18-19,33-34H2,1H3. The van der Waals surface area contributed by atoms with E-state index in [1.165, 1.54) is 31.1 Å². The summed E-state index contributed by atoms with van der Waals surface area (Å²) in [7, 11) is 0. The van der Waals surface area contributed by atoms with Crippen LogP contribution in [0, 0.1) is 11.8 Å². The Labute approximate surface area is 237 Å². The number of hydrogen-bond acceptors (Lipinski definition) is 8. The Morgan fingerprint density at radius 2 is 1.48 bits per heavy atom. The second-order valence-corrected chi connectivity index (χ2v) is 10.4. The van der Waals surface area contributed by atoms with Crippen LogP contribution in [-0.2, 0) is 19.1 Å². The second kappa shape index (κ2) is 16.3. The Morgan fingerprint density at radius 3 is 2.10 bits per heavy atom. The molecule has 1 aliphatic carbocycles. The van der Waals surface area contributed by atoms with Crippen molar-refractivity contribution in [3.8, 4) is 5.75 Å². The smallest absolute Gasteiger partial charge is 0.338 e. The van der Waals surface area contributed by atoms with Crippen LogP contribution in [0.25, 0.3) is 6.08 Å². The first-order valence-electron chi connectivity index (χ1n) is 14.3.